The molecular formula is C23H17N5O2. The minimum Gasteiger partial charge on any atom is -0.355 e. The van der Waals surface area contributed by atoms with E-state index in [1.807, 2.05) is 54.6 Å². The first-order chi connectivity index (χ1) is 14.8. The summed E-state index contributed by atoms with van der Waals surface area (Å²) < 4.78 is 5.35. The highest BCUT2D eigenvalue weighted by atomic mass is 16.5. The number of benzene rings is 2. The molecule has 5 aromatic rings. The third-order valence-corrected chi connectivity index (χ3v) is 4.87. The molecule has 7 nitrogen and oxygen atoms in total. The Bertz CT molecular complexity index is 1290. The fraction of sp³-hybridized carbons (Fsp3) is 0.0435. The summed E-state index contributed by atoms with van der Waals surface area (Å²) in [4.78, 5) is 24.4. The van der Waals surface area contributed by atoms with E-state index in [0.717, 1.165) is 27.7 Å². The Labute approximate surface area is 171 Å². The van der Waals surface area contributed by atoms with Crippen molar-refractivity contribution in [2.45, 2.75) is 6.04 Å². The molecule has 7 heteroatoms. The van der Waals surface area contributed by atoms with Gasteiger partial charge in [-0.2, -0.15) is 0 Å². The first kappa shape index (κ1) is 17.8. The number of carbonyl (C=O) groups is 1. The summed E-state index contributed by atoms with van der Waals surface area (Å²) in [5.41, 5.74) is 4.63. The molecule has 2 aromatic carbocycles. The monoisotopic (exact) mass is 395 g/mol. The highest BCUT2D eigenvalue weighted by Crippen LogP contribution is 2.26. The summed E-state index contributed by atoms with van der Waals surface area (Å²) in [6, 6.07) is 20.6. The van der Waals surface area contributed by atoms with Crippen LogP contribution in [0.4, 0.5) is 0 Å². The highest BCUT2D eigenvalue weighted by molar-refractivity contribution is 5.93. The van der Waals surface area contributed by atoms with Gasteiger partial charge in [-0.1, -0.05) is 41.6 Å². The summed E-state index contributed by atoms with van der Waals surface area (Å²) in [7, 11) is 0. The molecule has 0 fully saturated rings. The third kappa shape index (κ3) is 3.44. The smallest absolute Gasteiger partial charge is 0.274 e. The molecule has 1 amide bonds. The second-order valence-electron chi connectivity index (χ2n) is 6.81. The number of nitrogens with one attached hydrogen (secondary N) is 2. The van der Waals surface area contributed by atoms with Crippen LogP contribution < -0.4 is 5.32 Å². The number of fused-ring (bicyclic) bond motifs is 1. The Hall–Kier alpha value is -4.26. The number of pyridine rings is 1. The summed E-state index contributed by atoms with van der Waals surface area (Å²) in [5, 5.41) is 7.02. The molecule has 1 unspecified atom stereocenters. The van der Waals surface area contributed by atoms with E-state index in [1.165, 1.54) is 0 Å². The van der Waals surface area contributed by atoms with Crippen molar-refractivity contribution < 1.29 is 9.32 Å². The van der Waals surface area contributed by atoms with Crippen LogP contribution in [0.2, 0.25) is 0 Å². The Balaban J connectivity index is 1.46. The van der Waals surface area contributed by atoms with Gasteiger partial charge < -0.3 is 14.8 Å². The number of carbonyl (C=O) groups excluding carboxylic acids is 1. The van der Waals surface area contributed by atoms with Gasteiger partial charge in [0.1, 0.15) is 0 Å². The van der Waals surface area contributed by atoms with Gasteiger partial charge in [-0.25, -0.2) is 4.98 Å². The predicted octanol–water partition coefficient (Wildman–Crippen LogP) is 4.13. The molecule has 0 saturated carbocycles. The number of H-pyrrole nitrogens is 1. The minimum absolute atomic E-state index is 0.206. The number of aromatic amines is 1. The number of amides is 1. The highest BCUT2D eigenvalue weighted by Gasteiger charge is 2.21. The van der Waals surface area contributed by atoms with Crippen molar-refractivity contribution in [1.29, 1.82) is 0 Å². The van der Waals surface area contributed by atoms with Gasteiger partial charge in [0.05, 0.1) is 23.4 Å². The van der Waals surface area contributed by atoms with Gasteiger partial charge in [0.2, 0.25) is 0 Å². The summed E-state index contributed by atoms with van der Waals surface area (Å²) in [5.74, 6) is 0.163. The Morgan fingerprint density at radius 1 is 1.00 bits per heavy atom. The molecule has 3 aromatic heterocycles. The first-order valence-electron chi connectivity index (χ1n) is 9.44. The number of hydrogen-bond acceptors (Lipinski definition) is 5. The normalized spacial score (nSPS) is 12.0. The van der Waals surface area contributed by atoms with Gasteiger partial charge in [0.15, 0.2) is 11.5 Å². The van der Waals surface area contributed by atoms with E-state index in [9.17, 15) is 4.79 Å². The molecule has 0 aliphatic heterocycles. The van der Waals surface area contributed by atoms with E-state index in [2.05, 4.69) is 25.4 Å². The average Bonchev–Trinajstić information content (AvgIpc) is 3.48. The van der Waals surface area contributed by atoms with Crippen molar-refractivity contribution in [3.8, 4) is 11.3 Å². The fourth-order valence-corrected chi connectivity index (χ4v) is 3.37. The van der Waals surface area contributed by atoms with Crippen LogP contribution in [-0.2, 0) is 0 Å². The van der Waals surface area contributed by atoms with E-state index in [4.69, 9.17) is 4.52 Å². The summed E-state index contributed by atoms with van der Waals surface area (Å²) in [6.07, 6.45) is 4.99. The van der Waals surface area contributed by atoms with Crippen molar-refractivity contribution >= 4 is 16.9 Å². The Kier molecular flexibility index (Phi) is 4.53. The zero-order chi connectivity index (χ0) is 20.3. The molecule has 0 saturated heterocycles. The molecule has 0 bridgehead atoms. The van der Waals surface area contributed by atoms with Crippen LogP contribution in [0.15, 0.2) is 90.0 Å². The Morgan fingerprint density at radius 2 is 1.90 bits per heavy atom. The average molecular weight is 395 g/mol. The SMILES string of the molecule is O=C(NC(c1ccccc1)c1ccc2nc[nH]c2c1)c1cc(-c2cccnc2)on1. The maximum atomic E-state index is 13.0. The number of aromatic nitrogens is 4. The van der Waals surface area contributed by atoms with Crippen LogP contribution in [0.25, 0.3) is 22.4 Å². The molecule has 1 atom stereocenters. The minimum atomic E-state index is -0.357. The van der Waals surface area contributed by atoms with E-state index < -0.39 is 0 Å². The predicted molar refractivity (Wildman–Crippen MR) is 112 cm³/mol. The van der Waals surface area contributed by atoms with Gasteiger partial charge in [0, 0.05) is 24.0 Å². The molecule has 146 valence electrons. The summed E-state index contributed by atoms with van der Waals surface area (Å²) >= 11 is 0. The van der Waals surface area contributed by atoms with Crippen LogP contribution in [0.3, 0.4) is 0 Å². The Morgan fingerprint density at radius 3 is 2.73 bits per heavy atom. The third-order valence-electron chi connectivity index (χ3n) is 4.87. The van der Waals surface area contributed by atoms with Crippen LogP contribution in [0, 0.1) is 0 Å². The molecular weight excluding hydrogens is 378 g/mol. The van der Waals surface area contributed by atoms with Gasteiger partial charge in [0.25, 0.3) is 5.91 Å². The zero-order valence-corrected chi connectivity index (χ0v) is 15.8. The number of hydrogen-bond donors (Lipinski definition) is 2. The van der Waals surface area contributed by atoms with Crippen LogP contribution in [0.1, 0.15) is 27.7 Å². The van der Waals surface area contributed by atoms with Crippen LogP contribution in [0.5, 0.6) is 0 Å². The van der Waals surface area contributed by atoms with Gasteiger partial charge in [-0.15, -0.1) is 0 Å². The van der Waals surface area contributed by atoms with Crippen molar-refractivity contribution in [3.63, 3.8) is 0 Å². The van der Waals surface area contributed by atoms with Gasteiger partial charge in [-0.05, 0) is 35.4 Å². The van der Waals surface area contributed by atoms with Crippen LogP contribution in [-0.4, -0.2) is 26.0 Å². The van der Waals surface area contributed by atoms with Crippen molar-refractivity contribution in [2.24, 2.45) is 0 Å². The molecule has 30 heavy (non-hydrogen) atoms. The summed E-state index contributed by atoms with van der Waals surface area (Å²) in [6.45, 7) is 0. The van der Waals surface area contributed by atoms with Crippen LogP contribution >= 0.6 is 0 Å². The molecule has 2 N–H and O–H groups in total. The molecule has 3 heterocycles. The lowest BCUT2D eigenvalue weighted by atomic mass is 9.98. The van der Waals surface area contributed by atoms with E-state index in [-0.39, 0.29) is 17.6 Å². The number of imidazole rings is 1. The lowest BCUT2D eigenvalue weighted by molar-refractivity contribution is 0.0934. The van der Waals surface area contributed by atoms with Crippen molar-refractivity contribution in [2.75, 3.05) is 0 Å². The lowest BCUT2D eigenvalue weighted by Crippen LogP contribution is -2.29. The van der Waals surface area contributed by atoms with Crippen molar-refractivity contribution in [3.05, 3.63) is 102 Å². The van der Waals surface area contributed by atoms with E-state index in [0.29, 0.717) is 5.76 Å². The largest absolute Gasteiger partial charge is 0.355 e. The molecule has 0 radical (unpaired) electrons. The van der Waals surface area contributed by atoms with Crippen molar-refractivity contribution in [1.82, 2.24) is 25.4 Å². The number of rotatable bonds is 5. The molecule has 0 aliphatic carbocycles. The second kappa shape index (κ2) is 7.63. The van der Waals surface area contributed by atoms with E-state index in [1.54, 1.807) is 30.9 Å². The maximum absolute atomic E-state index is 13.0. The molecule has 5 rings (SSSR count). The molecule has 0 aliphatic rings. The first-order valence-corrected chi connectivity index (χ1v) is 9.44. The number of nitrogens with zero attached hydrogens (tertiary/aromatic N) is 3. The van der Waals surface area contributed by atoms with E-state index >= 15 is 0 Å². The zero-order valence-electron chi connectivity index (χ0n) is 15.8. The topological polar surface area (TPSA) is 96.7 Å². The maximum Gasteiger partial charge on any atom is 0.274 e. The van der Waals surface area contributed by atoms with Gasteiger partial charge >= 0.3 is 0 Å². The molecule has 0 spiro atoms. The van der Waals surface area contributed by atoms with Gasteiger partial charge in [-0.3, -0.25) is 9.78 Å². The quantitative estimate of drug-likeness (QED) is 0.466. The second-order valence-corrected chi connectivity index (χ2v) is 6.81. The lowest BCUT2D eigenvalue weighted by Gasteiger charge is -2.19. The fourth-order valence-electron chi connectivity index (χ4n) is 3.37. The standard InChI is InChI=1S/C23H17N5O2/c29-23(20-12-21(30-28-20)17-7-4-10-24-13-17)27-22(15-5-2-1-3-6-15)16-8-9-18-19(11-16)26-14-25-18/h1-14,22H,(H,25,26)(H,27,29).